The Hall–Kier alpha value is -3.45. The van der Waals surface area contributed by atoms with Gasteiger partial charge < -0.3 is 15.4 Å². The number of ether oxygens (including phenoxy) is 1. The predicted molar refractivity (Wildman–Crippen MR) is 125 cm³/mol. The summed E-state index contributed by atoms with van der Waals surface area (Å²) >= 11 is 0. The number of hydrogen-bond donors (Lipinski definition) is 2. The molecule has 7 nitrogen and oxygen atoms in total. The zero-order valence-electron chi connectivity index (χ0n) is 18.2. The maximum Gasteiger partial charge on any atom is 0.226 e. The molecular formula is C24H28N6O. The number of fused-ring (bicyclic) bond motifs is 1. The third kappa shape index (κ3) is 5.00. The molecule has 0 aliphatic rings. The molecule has 2 heterocycles. The second-order valence-corrected chi connectivity index (χ2v) is 7.50. The third-order valence-electron chi connectivity index (χ3n) is 4.87. The highest BCUT2D eigenvalue weighted by Crippen LogP contribution is 2.27. The monoisotopic (exact) mass is 416 g/mol. The van der Waals surface area contributed by atoms with E-state index < -0.39 is 0 Å². The quantitative estimate of drug-likeness (QED) is 0.373. The number of nitrogens with zero attached hydrogens (tertiary/aromatic N) is 4. The van der Waals surface area contributed by atoms with Gasteiger partial charge in [0, 0.05) is 25.4 Å². The van der Waals surface area contributed by atoms with Crippen LogP contribution in [0.1, 0.15) is 24.5 Å². The molecule has 160 valence electrons. The number of para-hydroxylation sites is 1. The average Bonchev–Trinajstić information content (AvgIpc) is 3.18. The number of aryl methyl sites for hydroxylation is 2. The van der Waals surface area contributed by atoms with E-state index >= 15 is 0 Å². The van der Waals surface area contributed by atoms with Crippen molar-refractivity contribution in [3.63, 3.8) is 0 Å². The van der Waals surface area contributed by atoms with Crippen molar-refractivity contribution in [2.24, 2.45) is 0 Å². The average molecular weight is 417 g/mol. The molecule has 2 aromatic heterocycles. The Morgan fingerprint density at radius 1 is 1.00 bits per heavy atom. The van der Waals surface area contributed by atoms with E-state index in [1.165, 1.54) is 11.1 Å². The van der Waals surface area contributed by atoms with Gasteiger partial charge in [0.05, 0.1) is 17.3 Å². The van der Waals surface area contributed by atoms with Gasteiger partial charge in [-0.2, -0.15) is 15.1 Å². The molecular weight excluding hydrogens is 388 g/mol. The van der Waals surface area contributed by atoms with Gasteiger partial charge in [0.15, 0.2) is 5.65 Å². The molecule has 0 saturated heterocycles. The van der Waals surface area contributed by atoms with E-state index in [1.54, 1.807) is 0 Å². The van der Waals surface area contributed by atoms with Gasteiger partial charge >= 0.3 is 0 Å². The van der Waals surface area contributed by atoms with Crippen molar-refractivity contribution in [2.75, 3.05) is 30.4 Å². The molecule has 0 unspecified atom stereocenters. The molecule has 4 rings (SSSR count). The van der Waals surface area contributed by atoms with E-state index in [-0.39, 0.29) is 0 Å². The SMILES string of the molecule is CCOCCCNc1nc(Nc2cc(C)cc(C)c2)c2cnn(-c3ccccc3)c2n1. The van der Waals surface area contributed by atoms with Crippen LogP contribution in [0, 0.1) is 13.8 Å². The number of nitrogens with one attached hydrogen (secondary N) is 2. The second kappa shape index (κ2) is 9.57. The third-order valence-corrected chi connectivity index (χ3v) is 4.87. The minimum Gasteiger partial charge on any atom is -0.382 e. The zero-order chi connectivity index (χ0) is 21.6. The Labute approximate surface area is 182 Å². The van der Waals surface area contributed by atoms with Crippen molar-refractivity contribution in [3.8, 4) is 5.69 Å². The number of rotatable bonds is 9. The van der Waals surface area contributed by atoms with Gasteiger partial charge in [0.25, 0.3) is 0 Å². The maximum absolute atomic E-state index is 5.42. The van der Waals surface area contributed by atoms with E-state index in [2.05, 4.69) is 47.8 Å². The molecule has 0 spiro atoms. The Kier molecular flexibility index (Phi) is 6.43. The van der Waals surface area contributed by atoms with E-state index in [0.717, 1.165) is 47.8 Å². The van der Waals surface area contributed by atoms with Crippen molar-refractivity contribution in [3.05, 3.63) is 65.9 Å². The Balaban J connectivity index is 1.71. The molecule has 31 heavy (non-hydrogen) atoms. The number of anilines is 3. The first-order valence-electron chi connectivity index (χ1n) is 10.6. The standard InChI is InChI=1S/C24H28N6O/c1-4-31-12-8-11-25-24-28-22(27-19-14-17(2)13-18(3)15-19)21-16-26-30(23(21)29-24)20-9-6-5-7-10-20/h5-7,9-10,13-16H,4,8,11-12H2,1-3H3,(H2,25,27,28,29). The summed E-state index contributed by atoms with van der Waals surface area (Å²) in [6, 6.07) is 16.4. The van der Waals surface area contributed by atoms with Crippen molar-refractivity contribution in [1.82, 2.24) is 19.7 Å². The maximum atomic E-state index is 5.42. The van der Waals surface area contributed by atoms with Crippen molar-refractivity contribution >= 4 is 28.5 Å². The molecule has 0 radical (unpaired) electrons. The summed E-state index contributed by atoms with van der Waals surface area (Å²) in [5, 5.41) is 12.3. The lowest BCUT2D eigenvalue weighted by Gasteiger charge is -2.12. The lowest BCUT2D eigenvalue weighted by atomic mass is 10.1. The first-order chi connectivity index (χ1) is 15.1. The molecule has 0 aliphatic heterocycles. The molecule has 0 bridgehead atoms. The van der Waals surface area contributed by atoms with Gasteiger partial charge in [0.1, 0.15) is 5.82 Å². The Morgan fingerprint density at radius 3 is 2.52 bits per heavy atom. The van der Waals surface area contributed by atoms with Gasteiger partial charge in [-0.1, -0.05) is 24.3 Å². The molecule has 0 amide bonds. The first kappa shape index (κ1) is 20.8. The molecule has 2 aromatic carbocycles. The number of hydrogen-bond acceptors (Lipinski definition) is 6. The lowest BCUT2D eigenvalue weighted by Crippen LogP contribution is -2.10. The van der Waals surface area contributed by atoms with Crippen molar-refractivity contribution in [1.29, 1.82) is 0 Å². The summed E-state index contributed by atoms with van der Waals surface area (Å²) in [6.07, 6.45) is 2.69. The summed E-state index contributed by atoms with van der Waals surface area (Å²) in [5.41, 5.74) is 5.09. The van der Waals surface area contributed by atoms with Gasteiger partial charge in [-0.25, -0.2) is 4.68 Å². The molecule has 4 aromatic rings. The van der Waals surface area contributed by atoms with Crippen LogP contribution in [-0.4, -0.2) is 39.5 Å². The van der Waals surface area contributed by atoms with Crippen LogP contribution in [0.2, 0.25) is 0 Å². The molecule has 0 aliphatic carbocycles. The van der Waals surface area contributed by atoms with Crippen LogP contribution in [0.5, 0.6) is 0 Å². The lowest BCUT2D eigenvalue weighted by molar-refractivity contribution is 0.147. The van der Waals surface area contributed by atoms with E-state index in [4.69, 9.17) is 14.7 Å². The van der Waals surface area contributed by atoms with Crippen LogP contribution >= 0.6 is 0 Å². The van der Waals surface area contributed by atoms with Crippen LogP contribution in [-0.2, 0) is 4.74 Å². The Morgan fingerprint density at radius 2 is 1.77 bits per heavy atom. The van der Waals surface area contributed by atoms with Gasteiger partial charge in [-0.3, -0.25) is 0 Å². The minimum absolute atomic E-state index is 0.563. The number of benzene rings is 2. The zero-order valence-corrected chi connectivity index (χ0v) is 18.2. The molecule has 0 fully saturated rings. The minimum atomic E-state index is 0.563. The van der Waals surface area contributed by atoms with Gasteiger partial charge in [-0.05, 0) is 62.6 Å². The summed E-state index contributed by atoms with van der Waals surface area (Å²) in [5.74, 6) is 1.29. The molecule has 0 saturated carbocycles. The largest absolute Gasteiger partial charge is 0.382 e. The summed E-state index contributed by atoms with van der Waals surface area (Å²) in [7, 11) is 0. The van der Waals surface area contributed by atoms with Crippen LogP contribution in [0.4, 0.5) is 17.5 Å². The fourth-order valence-electron chi connectivity index (χ4n) is 3.54. The van der Waals surface area contributed by atoms with Crippen molar-refractivity contribution in [2.45, 2.75) is 27.2 Å². The van der Waals surface area contributed by atoms with E-state index in [0.29, 0.717) is 12.6 Å². The highest BCUT2D eigenvalue weighted by molar-refractivity contribution is 5.90. The summed E-state index contributed by atoms with van der Waals surface area (Å²) < 4.78 is 7.27. The summed E-state index contributed by atoms with van der Waals surface area (Å²) in [4.78, 5) is 9.52. The van der Waals surface area contributed by atoms with Gasteiger partial charge in [-0.15, -0.1) is 0 Å². The highest BCUT2D eigenvalue weighted by Gasteiger charge is 2.14. The van der Waals surface area contributed by atoms with Crippen molar-refractivity contribution < 1.29 is 4.74 Å². The van der Waals surface area contributed by atoms with Crippen LogP contribution in [0.25, 0.3) is 16.7 Å². The van der Waals surface area contributed by atoms with E-state index in [9.17, 15) is 0 Å². The van der Waals surface area contributed by atoms with E-state index in [1.807, 2.05) is 48.1 Å². The number of aromatic nitrogens is 4. The molecule has 7 heteroatoms. The summed E-state index contributed by atoms with van der Waals surface area (Å²) in [6.45, 7) is 8.34. The van der Waals surface area contributed by atoms with Crippen LogP contribution in [0.15, 0.2) is 54.7 Å². The predicted octanol–water partition coefficient (Wildman–Crippen LogP) is 5.01. The van der Waals surface area contributed by atoms with Gasteiger partial charge in [0.2, 0.25) is 5.95 Å². The molecule has 0 atom stereocenters. The fourth-order valence-corrected chi connectivity index (χ4v) is 3.54. The van der Waals surface area contributed by atoms with Crippen LogP contribution < -0.4 is 10.6 Å². The topological polar surface area (TPSA) is 76.9 Å². The molecule has 2 N–H and O–H groups in total. The smallest absolute Gasteiger partial charge is 0.226 e. The first-order valence-corrected chi connectivity index (χ1v) is 10.6. The second-order valence-electron chi connectivity index (χ2n) is 7.50. The fraction of sp³-hybridized carbons (Fsp3) is 0.292. The normalized spacial score (nSPS) is 11.1. The Bertz CT molecular complexity index is 1140. The van der Waals surface area contributed by atoms with Crippen LogP contribution in [0.3, 0.4) is 0 Å². The highest BCUT2D eigenvalue weighted by atomic mass is 16.5.